The van der Waals surface area contributed by atoms with Crippen molar-refractivity contribution in [2.24, 2.45) is 13.0 Å². The molecule has 1 aliphatic rings. The van der Waals surface area contributed by atoms with Crippen LogP contribution in [0.4, 0.5) is 0 Å². The van der Waals surface area contributed by atoms with E-state index in [1.807, 2.05) is 48.1 Å². The molecule has 1 fully saturated rings. The minimum atomic E-state index is -0.453. The van der Waals surface area contributed by atoms with Gasteiger partial charge in [-0.25, -0.2) is 4.98 Å². The Hall–Kier alpha value is -2.67. The highest BCUT2D eigenvalue weighted by atomic mass is 16.5. The fourth-order valence-electron chi connectivity index (χ4n) is 3.57. The minimum absolute atomic E-state index is 0.0386. The molecule has 0 unspecified atom stereocenters. The first kappa shape index (κ1) is 19.1. The molecule has 2 amide bonds. The summed E-state index contributed by atoms with van der Waals surface area (Å²) < 4.78 is 7.00. The molecule has 1 aliphatic heterocycles. The van der Waals surface area contributed by atoms with E-state index in [-0.39, 0.29) is 24.3 Å². The molecule has 27 heavy (non-hydrogen) atoms. The summed E-state index contributed by atoms with van der Waals surface area (Å²) in [6.45, 7) is 1.41. The molecule has 0 radical (unpaired) electrons. The van der Waals surface area contributed by atoms with Gasteiger partial charge >= 0.3 is 0 Å². The first-order valence-electron chi connectivity index (χ1n) is 9.19. The highest BCUT2D eigenvalue weighted by molar-refractivity contribution is 5.90. The van der Waals surface area contributed by atoms with Gasteiger partial charge in [0, 0.05) is 46.1 Å². The number of aromatic nitrogens is 2. The van der Waals surface area contributed by atoms with Gasteiger partial charge in [-0.2, -0.15) is 0 Å². The summed E-state index contributed by atoms with van der Waals surface area (Å²) in [6.07, 6.45) is 4.47. The molecular weight excluding hydrogens is 344 g/mol. The van der Waals surface area contributed by atoms with Crippen LogP contribution in [0.3, 0.4) is 0 Å². The van der Waals surface area contributed by atoms with Crippen LogP contribution in [0.1, 0.15) is 23.9 Å². The van der Waals surface area contributed by atoms with Gasteiger partial charge in [0.25, 0.3) is 0 Å². The van der Waals surface area contributed by atoms with Gasteiger partial charge in [0.05, 0.1) is 12.5 Å². The van der Waals surface area contributed by atoms with Gasteiger partial charge in [-0.3, -0.25) is 9.59 Å². The van der Waals surface area contributed by atoms with Gasteiger partial charge in [-0.15, -0.1) is 0 Å². The number of likely N-dealkylation sites (tertiary alicyclic amines) is 1. The van der Waals surface area contributed by atoms with Crippen molar-refractivity contribution in [3.05, 3.63) is 54.1 Å². The van der Waals surface area contributed by atoms with E-state index in [0.717, 1.165) is 12.2 Å². The van der Waals surface area contributed by atoms with Crippen LogP contribution >= 0.6 is 0 Å². The number of hydrogen-bond acceptors (Lipinski definition) is 4. The minimum Gasteiger partial charge on any atom is -0.383 e. The van der Waals surface area contributed by atoms with Crippen molar-refractivity contribution < 1.29 is 14.3 Å². The number of imidazole rings is 1. The molecular formula is C20H26N4O3. The van der Waals surface area contributed by atoms with E-state index in [1.165, 1.54) is 5.56 Å². The number of aryl methyl sites for hydroxylation is 1. The normalized spacial score (nSPS) is 19.5. The Morgan fingerprint density at radius 1 is 1.33 bits per heavy atom. The number of carbonyl (C=O) groups excluding carboxylic acids is 2. The zero-order valence-electron chi connectivity index (χ0n) is 15.8. The number of rotatable bonds is 8. The van der Waals surface area contributed by atoms with Crippen LogP contribution in [0.15, 0.2) is 42.7 Å². The van der Waals surface area contributed by atoms with Crippen molar-refractivity contribution in [1.29, 1.82) is 0 Å². The molecule has 0 aliphatic carbocycles. The Bertz CT molecular complexity index is 775. The van der Waals surface area contributed by atoms with E-state index in [2.05, 4.69) is 10.3 Å². The number of carbonyl (C=O) groups is 2. The van der Waals surface area contributed by atoms with Crippen LogP contribution in [-0.2, 0) is 27.8 Å². The first-order chi connectivity index (χ1) is 13.1. The third-order valence-corrected chi connectivity index (χ3v) is 4.98. The molecule has 0 bridgehead atoms. The highest BCUT2D eigenvalue weighted by Gasteiger charge is 2.45. The molecule has 7 heteroatoms. The predicted octanol–water partition coefficient (Wildman–Crippen LogP) is 1.31. The Morgan fingerprint density at radius 3 is 2.78 bits per heavy atom. The molecule has 2 atom stereocenters. The SMILES string of the molecule is COCCN1C(=O)C[C@H](C(=O)NCCc2ccccc2)[C@H]1c1nccn1C. The summed E-state index contributed by atoms with van der Waals surface area (Å²) in [4.78, 5) is 31.5. The Labute approximate surface area is 159 Å². The van der Waals surface area contributed by atoms with E-state index in [9.17, 15) is 9.59 Å². The summed E-state index contributed by atoms with van der Waals surface area (Å²) in [5.74, 6) is 0.127. The van der Waals surface area contributed by atoms with Crippen molar-refractivity contribution in [3.63, 3.8) is 0 Å². The van der Waals surface area contributed by atoms with Crippen molar-refractivity contribution in [2.75, 3.05) is 26.8 Å². The number of methoxy groups -OCH3 is 1. The summed E-state index contributed by atoms with van der Waals surface area (Å²) in [5, 5.41) is 3.00. The molecule has 1 aromatic carbocycles. The quantitative estimate of drug-likeness (QED) is 0.760. The second-order valence-corrected chi connectivity index (χ2v) is 6.76. The third-order valence-electron chi connectivity index (χ3n) is 4.98. The number of ether oxygens (including phenoxy) is 1. The predicted molar refractivity (Wildman–Crippen MR) is 101 cm³/mol. The number of nitrogens with one attached hydrogen (secondary N) is 1. The van der Waals surface area contributed by atoms with Gasteiger partial charge in [0.1, 0.15) is 11.9 Å². The maximum absolute atomic E-state index is 12.9. The molecule has 0 spiro atoms. The van der Waals surface area contributed by atoms with E-state index in [1.54, 1.807) is 18.2 Å². The monoisotopic (exact) mass is 370 g/mol. The molecule has 0 saturated carbocycles. The van der Waals surface area contributed by atoms with Crippen molar-refractivity contribution in [1.82, 2.24) is 19.8 Å². The Kier molecular flexibility index (Phi) is 6.24. The molecule has 1 saturated heterocycles. The van der Waals surface area contributed by atoms with Crippen LogP contribution in [0.2, 0.25) is 0 Å². The second kappa shape index (κ2) is 8.81. The van der Waals surface area contributed by atoms with Gasteiger partial charge in [0.15, 0.2) is 0 Å². The summed E-state index contributed by atoms with van der Waals surface area (Å²) in [7, 11) is 3.48. The molecule has 3 rings (SSSR count). The lowest BCUT2D eigenvalue weighted by molar-refractivity contribution is -0.129. The molecule has 7 nitrogen and oxygen atoms in total. The molecule has 2 heterocycles. The lowest BCUT2D eigenvalue weighted by atomic mass is 9.98. The fourth-order valence-corrected chi connectivity index (χ4v) is 3.57. The van der Waals surface area contributed by atoms with Gasteiger partial charge in [-0.05, 0) is 12.0 Å². The van der Waals surface area contributed by atoms with E-state index < -0.39 is 5.92 Å². The van der Waals surface area contributed by atoms with Crippen LogP contribution in [0, 0.1) is 5.92 Å². The topological polar surface area (TPSA) is 76.5 Å². The molecule has 1 N–H and O–H groups in total. The van der Waals surface area contributed by atoms with Gasteiger partial charge < -0.3 is 19.5 Å². The summed E-state index contributed by atoms with van der Waals surface area (Å²) in [5.41, 5.74) is 1.17. The summed E-state index contributed by atoms with van der Waals surface area (Å²) >= 11 is 0. The van der Waals surface area contributed by atoms with Crippen molar-refractivity contribution in [3.8, 4) is 0 Å². The van der Waals surface area contributed by atoms with Gasteiger partial charge in [-0.1, -0.05) is 30.3 Å². The molecule has 2 aromatic rings. The number of benzene rings is 1. The molecule has 144 valence electrons. The maximum Gasteiger partial charge on any atom is 0.226 e. The largest absolute Gasteiger partial charge is 0.383 e. The van der Waals surface area contributed by atoms with Crippen molar-refractivity contribution >= 4 is 11.8 Å². The van der Waals surface area contributed by atoms with E-state index in [0.29, 0.717) is 19.7 Å². The van der Waals surface area contributed by atoms with Gasteiger partial charge in [0.2, 0.25) is 11.8 Å². The Balaban J connectivity index is 1.70. The summed E-state index contributed by atoms with van der Waals surface area (Å²) in [6, 6.07) is 9.64. The third kappa shape index (κ3) is 4.36. The van der Waals surface area contributed by atoms with Crippen LogP contribution in [0.5, 0.6) is 0 Å². The fraction of sp³-hybridized carbons (Fsp3) is 0.450. The average molecular weight is 370 g/mol. The average Bonchev–Trinajstić information content (AvgIpc) is 3.23. The Morgan fingerprint density at radius 2 is 2.11 bits per heavy atom. The van der Waals surface area contributed by atoms with Crippen LogP contribution in [0.25, 0.3) is 0 Å². The first-order valence-corrected chi connectivity index (χ1v) is 9.19. The lowest BCUT2D eigenvalue weighted by Crippen LogP contribution is -2.38. The number of amides is 2. The molecule has 1 aromatic heterocycles. The van der Waals surface area contributed by atoms with E-state index >= 15 is 0 Å². The maximum atomic E-state index is 12.9. The van der Waals surface area contributed by atoms with Crippen LogP contribution in [-0.4, -0.2) is 53.1 Å². The number of hydrogen-bond donors (Lipinski definition) is 1. The zero-order valence-corrected chi connectivity index (χ0v) is 15.8. The standard InChI is InChI=1S/C20H26N4O3/c1-23-11-10-21-19(23)18-16(14-17(25)24(18)12-13-27-2)20(26)22-9-8-15-6-4-3-5-7-15/h3-7,10-11,16,18H,8-9,12-14H2,1-2H3,(H,22,26)/t16-,18-/m0/s1. The zero-order chi connectivity index (χ0) is 19.2. The smallest absolute Gasteiger partial charge is 0.226 e. The number of nitrogens with zero attached hydrogens (tertiary/aromatic N) is 3. The van der Waals surface area contributed by atoms with Crippen LogP contribution < -0.4 is 5.32 Å². The van der Waals surface area contributed by atoms with E-state index in [4.69, 9.17) is 4.74 Å². The van der Waals surface area contributed by atoms with Crippen molar-refractivity contribution in [2.45, 2.75) is 18.9 Å². The second-order valence-electron chi connectivity index (χ2n) is 6.76. The lowest BCUT2D eigenvalue weighted by Gasteiger charge is -2.27. The highest BCUT2D eigenvalue weighted by Crippen LogP contribution is 2.37.